The van der Waals surface area contributed by atoms with Crippen LogP contribution in [-0.2, 0) is 23.0 Å². The molecule has 0 aromatic carbocycles. The second-order valence-corrected chi connectivity index (χ2v) is 10.0. The summed E-state index contributed by atoms with van der Waals surface area (Å²) in [6.07, 6.45) is 2.93. The van der Waals surface area contributed by atoms with Gasteiger partial charge in [0.2, 0.25) is 4.21 Å². The van der Waals surface area contributed by atoms with E-state index in [1.165, 1.54) is 17.5 Å². The number of ether oxygens (including phenoxy) is 1. The zero-order chi connectivity index (χ0) is 20.7. The van der Waals surface area contributed by atoms with E-state index in [9.17, 15) is 8.94 Å². The van der Waals surface area contributed by atoms with Crippen molar-refractivity contribution in [3.8, 4) is 22.0 Å². The largest absolute Gasteiger partial charge is 0.611 e. The Kier molecular flexibility index (Phi) is 5.58. The average molecular weight is 452 g/mol. The van der Waals surface area contributed by atoms with Crippen LogP contribution in [0.15, 0.2) is 22.7 Å². The summed E-state index contributed by atoms with van der Waals surface area (Å²) >= 11 is 0.900. The first-order chi connectivity index (χ1) is 13.9. The van der Waals surface area contributed by atoms with E-state index in [1.54, 1.807) is 13.3 Å². The van der Waals surface area contributed by atoms with E-state index >= 15 is 0 Å². The zero-order valence-electron chi connectivity index (χ0n) is 15.9. The molecule has 11 heteroatoms. The molecule has 0 bridgehead atoms. The summed E-state index contributed by atoms with van der Waals surface area (Å²) in [4.78, 5) is 13.8. The fraction of sp³-hybridized carbons (Fsp3) is 0.278. The van der Waals surface area contributed by atoms with Crippen molar-refractivity contribution >= 4 is 49.8 Å². The summed E-state index contributed by atoms with van der Waals surface area (Å²) in [6, 6.07) is 1.84. The fourth-order valence-corrected chi connectivity index (χ4v) is 6.13. The highest BCUT2D eigenvalue weighted by molar-refractivity contribution is 7.93. The summed E-state index contributed by atoms with van der Waals surface area (Å²) in [5, 5.41) is 0.810. The number of pyridine rings is 1. The smallest absolute Gasteiger partial charge is 0.232 e. The molecular formula is C18H18FN5O2S3. The summed E-state index contributed by atoms with van der Waals surface area (Å²) in [5.41, 5.74) is 9.05. The molecule has 29 heavy (non-hydrogen) atoms. The first-order valence-electron chi connectivity index (χ1n) is 8.61. The number of nitrogen functional groups attached to an aromatic ring is 1. The van der Waals surface area contributed by atoms with Crippen LogP contribution in [0.25, 0.3) is 32.2 Å². The van der Waals surface area contributed by atoms with E-state index in [2.05, 4.69) is 15.0 Å². The highest BCUT2D eigenvalue weighted by atomic mass is 32.2. The standard InChI is InChI=1S/C18H18FN5O2S3/c1-9-21-7-12(24(9)2)10-6-11(16-22-8-13(19)27-16)23-17-14(10)15(20)18(28-17)29(25)5-4-26-3/h6-8H,4-5,20H2,1-3H3. The first-order valence-corrected chi connectivity index (χ1v) is 11.6. The second kappa shape index (κ2) is 8.00. The number of halogens is 1. The molecule has 0 aliphatic rings. The van der Waals surface area contributed by atoms with Crippen LogP contribution in [0, 0.1) is 12.1 Å². The zero-order valence-corrected chi connectivity index (χ0v) is 18.4. The van der Waals surface area contributed by atoms with Crippen LogP contribution in [0.2, 0.25) is 0 Å². The van der Waals surface area contributed by atoms with Gasteiger partial charge in [0.05, 0.1) is 24.7 Å². The predicted molar refractivity (Wildman–Crippen MR) is 115 cm³/mol. The van der Waals surface area contributed by atoms with Crippen molar-refractivity contribution in [3.63, 3.8) is 0 Å². The lowest BCUT2D eigenvalue weighted by atomic mass is 10.1. The molecule has 4 aromatic heterocycles. The number of hydrogen-bond donors (Lipinski definition) is 1. The van der Waals surface area contributed by atoms with Crippen LogP contribution in [0.1, 0.15) is 5.82 Å². The van der Waals surface area contributed by atoms with Gasteiger partial charge in [-0.1, -0.05) is 22.7 Å². The maximum absolute atomic E-state index is 13.6. The van der Waals surface area contributed by atoms with Crippen LogP contribution >= 0.6 is 22.7 Å². The molecule has 0 radical (unpaired) electrons. The molecular weight excluding hydrogens is 433 g/mol. The van der Waals surface area contributed by atoms with Gasteiger partial charge in [-0.15, -0.1) is 0 Å². The monoisotopic (exact) mass is 451 g/mol. The average Bonchev–Trinajstić information content (AvgIpc) is 3.38. The van der Waals surface area contributed by atoms with Crippen molar-refractivity contribution in [3.05, 3.63) is 29.4 Å². The Morgan fingerprint density at radius 1 is 1.31 bits per heavy atom. The molecule has 0 spiro atoms. The molecule has 0 fully saturated rings. The molecule has 0 aliphatic heterocycles. The number of nitrogens with two attached hydrogens (primary N) is 1. The third kappa shape index (κ3) is 3.64. The third-order valence-electron chi connectivity index (χ3n) is 4.54. The van der Waals surface area contributed by atoms with E-state index in [1.807, 2.05) is 24.6 Å². The Balaban J connectivity index is 1.96. The summed E-state index contributed by atoms with van der Waals surface area (Å²) in [6.45, 7) is 2.27. The highest BCUT2D eigenvalue weighted by Gasteiger charge is 2.26. The van der Waals surface area contributed by atoms with E-state index in [4.69, 9.17) is 10.5 Å². The number of imidazole rings is 1. The summed E-state index contributed by atoms with van der Waals surface area (Å²) < 4.78 is 33.8. The van der Waals surface area contributed by atoms with Crippen LogP contribution in [-0.4, -0.2) is 43.5 Å². The summed E-state index contributed by atoms with van der Waals surface area (Å²) in [7, 11) is 3.47. The number of hydrogen-bond acceptors (Lipinski definition) is 8. The van der Waals surface area contributed by atoms with Crippen molar-refractivity contribution in [1.29, 1.82) is 0 Å². The predicted octanol–water partition coefficient (Wildman–Crippen LogP) is 3.60. The molecule has 1 atom stereocenters. The summed E-state index contributed by atoms with van der Waals surface area (Å²) in [5.74, 6) is 1.18. The van der Waals surface area contributed by atoms with Crippen LogP contribution in [0.5, 0.6) is 0 Å². The van der Waals surface area contributed by atoms with Gasteiger partial charge in [-0.05, 0) is 13.0 Å². The van der Waals surface area contributed by atoms with Gasteiger partial charge >= 0.3 is 0 Å². The molecule has 152 valence electrons. The van der Waals surface area contributed by atoms with E-state index in [-0.39, 0.29) is 5.13 Å². The lowest BCUT2D eigenvalue weighted by molar-refractivity contribution is 0.217. The molecule has 7 nitrogen and oxygen atoms in total. The molecule has 0 aliphatic carbocycles. The number of fused-ring (bicyclic) bond motifs is 1. The number of rotatable bonds is 6. The molecule has 0 saturated heterocycles. The normalized spacial score (nSPS) is 12.7. The highest BCUT2D eigenvalue weighted by Crippen LogP contribution is 2.43. The second-order valence-electron chi connectivity index (χ2n) is 6.30. The Morgan fingerprint density at radius 2 is 2.10 bits per heavy atom. The topological polar surface area (TPSA) is 102 Å². The SMILES string of the molecule is COCC[S+]([O-])c1sc2nc(-c3ncc(F)s3)cc(-c3cnc(C)n3C)c2c1N. The first kappa shape index (κ1) is 20.2. The molecule has 2 N–H and O–H groups in total. The minimum atomic E-state index is -1.31. The van der Waals surface area contributed by atoms with E-state index in [0.29, 0.717) is 37.8 Å². The lowest BCUT2D eigenvalue weighted by Gasteiger charge is -2.09. The van der Waals surface area contributed by atoms with Gasteiger partial charge in [-0.25, -0.2) is 15.0 Å². The Bertz CT molecular complexity index is 1190. The van der Waals surface area contributed by atoms with Gasteiger partial charge in [-0.3, -0.25) is 0 Å². The number of anilines is 1. The van der Waals surface area contributed by atoms with Crippen molar-refractivity contribution < 1.29 is 13.7 Å². The molecule has 4 aromatic rings. The number of aryl methyl sites for hydroxylation is 1. The van der Waals surface area contributed by atoms with Gasteiger partial charge < -0.3 is 19.6 Å². The Labute approximate surface area is 177 Å². The number of aromatic nitrogens is 4. The minimum absolute atomic E-state index is 0.345. The Hall–Kier alpha value is -2.05. The van der Waals surface area contributed by atoms with Crippen LogP contribution < -0.4 is 5.73 Å². The van der Waals surface area contributed by atoms with Gasteiger partial charge in [0.15, 0.2) is 5.13 Å². The van der Waals surface area contributed by atoms with Crippen molar-refractivity contribution in [2.75, 3.05) is 25.2 Å². The molecule has 0 saturated carbocycles. The van der Waals surface area contributed by atoms with E-state index in [0.717, 1.165) is 33.8 Å². The van der Waals surface area contributed by atoms with Crippen LogP contribution in [0.4, 0.5) is 10.1 Å². The maximum Gasteiger partial charge on any atom is 0.232 e. The molecule has 4 rings (SSSR count). The fourth-order valence-electron chi connectivity index (χ4n) is 2.96. The quantitative estimate of drug-likeness (QED) is 0.450. The molecule has 4 heterocycles. The molecule has 1 unspecified atom stereocenters. The van der Waals surface area contributed by atoms with Gasteiger partial charge in [0.25, 0.3) is 0 Å². The molecule has 0 amide bonds. The minimum Gasteiger partial charge on any atom is -0.611 e. The van der Waals surface area contributed by atoms with Gasteiger partial charge in [-0.2, -0.15) is 4.39 Å². The van der Waals surface area contributed by atoms with Crippen molar-refractivity contribution in [1.82, 2.24) is 19.5 Å². The van der Waals surface area contributed by atoms with E-state index < -0.39 is 11.2 Å². The number of nitrogens with zero attached hydrogens (tertiary/aromatic N) is 4. The van der Waals surface area contributed by atoms with Crippen molar-refractivity contribution in [2.24, 2.45) is 7.05 Å². The van der Waals surface area contributed by atoms with Gasteiger partial charge in [0.1, 0.15) is 32.8 Å². The number of methoxy groups -OCH3 is 1. The van der Waals surface area contributed by atoms with Crippen molar-refractivity contribution in [2.45, 2.75) is 11.1 Å². The maximum atomic E-state index is 13.6. The van der Waals surface area contributed by atoms with Crippen LogP contribution in [0.3, 0.4) is 0 Å². The number of thiazole rings is 1. The lowest BCUT2D eigenvalue weighted by Crippen LogP contribution is -2.11. The Morgan fingerprint density at radius 3 is 2.72 bits per heavy atom. The third-order valence-corrected chi connectivity index (χ3v) is 8.22. The van der Waals surface area contributed by atoms with Gasteiger partial charge in [0, 0.05) is 36.3 Å². The number of thiophene rings is 1.